The minimum atomic E-state index is -4.29. The SMILES string of the molecule is Cl.Cl.FC(F)(F)c1ccc(Br)c([C@H](CC2CC2)N2CCNCC2)c1. The van der Waals surface area contributed by atoms with Gasteiger partial charge >= 0.3 is 6.18 Å². The molecule has 1 aliphatic carbocycles. The molecule has 1 aromatic carbocycles. The highest BCUT2D eigenvalue weighted by Gasteiger charge is 2.35. The third-order valence-electron chi connectivity index (χ3n) is 4.53. The van der Waals surface area contributed by atoms with Crippen LogP contribution in [-0.2, 0) is 6.18 Å². The van der Waals surface area contributed by atoms with Gasteiger partial charge in [-0.25, -0.2) is 0 Å². The number of hydrogen-bond donors (Lipinski definition) is 1. The topological polar surface area (TPSA) is 15.3 Å². The van der Waals surface area contributed by atoms with Crippen LogP contribution in [0.15, 0.2) is 22.7 Å². The van der Waals surface area contributed by atoms with Gasteiger partial charge in [-0.15, -0.1) is 24.8 Å². The van der Waals surface area contributed by atoms with E-state index in [9.17, 15) is 13.2 Å². The number of alkyl halides is 3. The number of rotatable bonds is 4. The summed E-state index contributed by atoms with van der Waals surface area (Å²) in [5.41, 5.74) is 0.227. The van der Waals surface area contributed by atoms with Crippen molar-refractivity contribution in [1.29, 1.82) is 0 Å². The molecule has 2 aliphatic rings. The summed E-state index contributed by atoms with van der Waals surface area (Å²) in [5.74, 6) is 0.668. The standard InChI is InChI=1S/C16H20BrF3N2.2ClH/c17-14-4-3-12(16(18,19)20)10-13(14)15(9-11-1-2-11)22-7-5-21-6-8-22;;/h3-4,10-11,15,21H,1-2,5-9H2;2*1H/t15-;;/m0../s1. The van der Waals surface area contributed by atoms with Gasteiger partial charge in [-0.05, 0) is 36.1 Å². The fourth-order valence-corrected chi connectivity index (χ4v) is 3.62. The predicted octanol–water partition coefficient (Wildman–Crippen LogP) is 5.06. The van der Waals surface area contributed by atoms with Crippen molar-refractivity contribution in [3.8, 4) is 0 Å². The number of hydrogen-bond acceptors (Lipinski definition) is 2. The number of benzene rings is 1. The van der Waals surface area contributed by atoms with Crippen LogP contribution in [0.4, 0.5) is 13.2 Å². The predicted molar refractivity (Wildman–Crippen MR) is 98.2 cm³/mol. The fraction of sp³-hybridized carbons (Fsp3) is 0.625. The van der Waals surface area contributed by atoms with Gasteiger partial charge in [0.1, 0.15) is 0 Å². The third-order valence-corrected chi connectivity index (χ3v) is 5.25. The average molecular weight is 450 g/mol. The molecule has 1 aromatic rings. The second-order valence-corrected chi connectivity index (χ2v) is 7.07. The Hall–Kier alpha value is -0.0100. The van der Waals surface area contributed by atoms with Crippen LogP contribution in [0.25, 0.3) is 0 Å². The molecule has 0 aromatic heterocycles. The summed E-state index contributed by atoms with van der Waals surface area (Å²) in [6, 6.07) is 4.10. The van der Waals surface area contributed by atoms with E-state index < -0.39 is 11.7 Å². The Morgan fingerprint density at radius 3 is 2.33 bits per heavy atom. The van der Waals surface area contributed by atoms with Gasteiger partial charge in [0.15, 0.2) is 0 Å². The number of nitrogens with one attached hydrogen (secondary N) is 1. The van der Waals surface area contributed by atoms with Crippen LogP contribution < -0.4 is 5.32 Å². The zero-order chi connectivity index (χ0) is 15.7. The highest BCUT2D eigenvalue weighted by molar-refractivity contribution is 9.10. The zero-order valence-corrected chi connectivity index (χ0v) is 16.3. The van der Waals surface area contributed by atoms with E-state index in [4.69, 9.17) is 0 Å². The maximum absolute atomic E-state index is 13.0. The van der Waals surface area contributed by atoms with E-state index in [2.05, 4.69) is 26.1 Å². The van der Waals surface area contributed by atoms with E-state index in [-0.39, 0.29) is 30.9 Å². The molecular weight excluding hydrogens is 428 g/mol. The van der Waals surface area contributed by atoms with Gasteiger partial charge in [0.05, 0.1) is 5.56 Å². The molecular formula is C16H22BrCl2F3N2. The van der Waals surface area contributed by atoms with E-state index in [1.54, 1.807) is 6.07 Å². The van der Waals surface area contributed by atoms with Crippen LogP contribution in [0.5, 0.6) is 0 Å². The van der Waals surface area contributed by atoms with Crippen LogP contribution in [0, 0.1) is 5.92 Å². The van der Waals surface area contributed by atoms with Crippen molar-refractivity contribution >= 4 is 40.7 Å². The Balaban J connectivity index is 0.00000144. The van der Waals surface area contributed by atoms with Gasteiger partial charge in [-0.2, -0.15) is 13.2 Å². The van der Waals surface area contributed by atoms with E-state index in [1.165, 1.54) is 18.9 Å². The molecule has 1 atom stereocenters. The summed E-state index contributed by atoms with van der Waals surface area (Å²) in [6.45, 7) is 3.58. The fourth-order valence-electron chi connectivity index (χ4n) is 3.11. The van der Waals surface area contributed by atoms with Crippen molar-refractivity contribution < 1.29 is 13.2 Å². The number of piperazine rings is 1. The molecule has 2 nitrogen and oxygen atoms in total. The van der Waals surface area contributed by atoms with Gasteiger partial charge in [0, 0.05) is 36.7 Å². The number of nitrogens with zero attached hydrogens (tertiary/aromatic N) is 1. The number of halogens is 6. The maximum atomic E-state index is 13.0. The lowest BCUT2D eigenvalue weighted by Gasteiger charge is -2.36. The Bertz CT molecular complexity index is 533. The minimum absolute atomic E-state index is 0. The molecule has 0 amide bonds. The first-order chi connectivity index (χ1) is 10.4. The summed E-state index contributed by atoms with van der Waals surface area (Å²) < 4.78 is 39.9. The molecule has 0 spiro atoms. The highest BCUT2D eigenvalue weighted by Crippen LogP contribution is 2.43. The first-order valence-corrected chi connectivity index (χ1v) is 8.56. The van der Waals surface area contributed by atoms with Crippen LogP contribution >= 0.6 is 40.7 Å². The Kier molecular flexibility index (Phi) is 8.34. The normalized spacial score (nSPS) is 20.0. The molecule has 0 bridgehead atoms. The van der Waals surface area contributed by atoms with E-state index in [1.807, 2.05) is 0 Å². The summed E-state index contributed by atoms with van der Waals surface area (Å²) in [6.07, 6.45) is -0.915. The first-order valence-electron chi connectivity index (χ1n) is 7.76. The monoisotopic (exact) mass is 448 g/mol. The molecule has 0 unspecified atom stereocenters. The largest absolute Gasteiger partial charge is 0.416 e. The lowest BCUT2D eigenvalue weighted by atomic mass is 9.97. The van der Waals surface area contributed by atoms with Crippen molar-refractivity contribution in [3.05, 3.63) is 33.8 Å². The molecule has 8 heteroatoms. The molecule has 1 N–H and O–H groups in total. The maximum Gasteiger partial charge on any atom is 0.416 e. The van der Waals surface area contributed by atoms with Gasteiger partial charge in [0.2, 0.25) is 0 Å². The molecule has 24 heavy (non-hydrogen) atoms. The quantitative estimate of drug-likeness (QED) is 0.691. The lowest BCUT2D eigenvalue weighted by molar-refractivity contribution is -0.137. The molecule has 0 radical (unpaired) electrons. The van der Waals surface area contributed by atoms with Crippen molar-refractivity contribution in [3.63, 3.8) is 0 Å². The minimum Gasteiger partial charge on any atom is -0.314 e. The summed E-state index contributed by atoms with van der Waals surface area (Å²) in [4.78, 5) is 2.33. The van der Waals surface area contributed by atoms with Crippen molar-refractivity contribution in [2.75, 3.05) is 26.2 Å². The molecule has 1 heterocycles. The third kappa shape index (κ3) is 5.49. The highest BCUT2D eigenvalue weighted by atomic mass is 79.9. The zero-order valence-electron chi connectivity index (χ0n) is 13.1. The summed E-state index contributed by atoms with van der Waals surface area (Å²) >= 11 is 3.47. The van der Waals surface area contributed by atoms with Crippen LogP contribution in [0.1, 0.15) is 36.4 Å². The lowest BCUT2D eigenvalue weighted by Crippen LogP contribution is -2.45. The van der Waals surface area contributed by atoms with E-state index in [0.717, 1.165) is 48.7 Å². The van der Waals surface area contributed by atoms with Crippen LogP contribution in [0.3, 0.4) is 0 Å². The summed E-state index contributed by atoms with van der Waals surface area (Å²) in [5, 5.41) is 3.31. The van der Waals surface area contributed by atoms with E-state index in [0.29, 0.717) is 5.92 Å². The van der Waals surface area contributed by atoms with Gasteiger partial charge < -0.3 is 5.32 Å². The summed E-state index contributed by atoms with van der Waals surface area (Å²) in [7, 11) is 0. The van der Waals surface area contributed by atoms with Gasteiger partial charge in [0.25, 0.3) is 0 Å². The molecule has 1 aliphatic heterocycles. The molecule has 3 rings (SSSR count). The first kappa shape index (κ1) is 22.0. The van der Waals surface area contributed by atoms with Gasteiger partial charge in [-0.1, -0.05) is 28.8 Å². The van der Waals surface area contributed by atoms with Gasteiger partial charge in [-0.3, -0.25) is 4.90 Å². The second-order valence-electron chi connectivity index (χ2n) is 6.21. The van der Waals surface area contributed by atoms with Crippen LogP contribution in [0.2, 0.25) is 0 Å². The van der Waals surface area contributed by atoms with E-state index >= 15 is 0 Å². The molecule has 2 fully saturated rings. The molecule has 1 saturated carbocycles. The van der Waals surface area contributed by atoms with Crippen LogP contribution in [-0.4, -0.2) is 31.1 Å². The second kappa shape index (κ2) is 9.08. The Morgan fingerprint density at radius 2 is 1.79 bits per heavy atom. The smallest absolute Gasteiger partial charge is 0.314 e. The average Bonchev–Trinajstić information content (AvgIpc) is 3.29. The Labute approximate surface area is 161 Å². The van der Waals surface area contributed by atoms with Crippen molar-refractivity contribution in [2.24, 2.45) is 5.92 Å². The molecule has 138 valence electrons. The van der Waals surface area contributed by atoms with Crippen molar-refractivity contribution in [1.82, 2.24) is 10.2 Å². The Morgan fingerprint density at radius 1 is 1.17 bits per heavy atom. The van der Waals surface area contributed by atoms with Crippen molar-refractivity contribution in [2.45, 2.75) is 31.5 Å². The molecule has 1 saturated heterocycles.